The number of likely N-dealkylation sites (tertiary alicyclic amines) is 1. The van der Waals surface area contributed by atoms with Gasteiger partial charge in [-0.2, -0.15) is 0 Å². The number of hydrogen-bond donors (Lipinski definition) is 3. The number of quaternary nitrogens is 1. The Morgan fingerprint density at radius 3 is 2.63 bits per heavy atom. The van der Waals surface area contributed by atoms with Crippen LogP contribution in [0.5, 0.6) is 0 Å². The number of nitrogens with zero attached hydrogens (tertiary/aromatic N) is 1. The van der Waals surface area contributed by atoms with Crippen LogP contribution < -0.4 is 16.4 Å². The number of amides is 4. The van der Waals surface area contributed by atoms with Crippen molar-refractivity contribution in [2.45, 2.75) is 56.1 Å². The van der Waals surface area contributed by atoms with Crippen LogP contribution in [-0.4, -0.2) is 40.6 Å². The van der Waals surface area contributed by atoms with Crippen molar-refractivity contribution in [1.29, 1.82) is 0 Å². The zero-order valence-corrected chi connectivity index (χ0v) is 16.4. The SMILES string of the molecule is NC(=O)C[C@H]1[NH2+][C@@]2(C(=O)Nc3ccc(F)cc32)[C@@H]2C(=O)N(C3CCCCC3)C(=O)[C@@H]21. The molecule has 3 heterocycles. The monoisotopic (exact) mass is 415 g/mol. The van der Waals surface area contributed by atoms with E-state index in [0.29, 0.717) is 11.3 Å². The lowest BCUT2D eigenvalue weighted by Crippen LogP contribution is -2.99. The van der Waals surface area contributed by atoms with Gasteiger partial charge in [-0.25, -0.2) is 4.39 Å². The molecule has 1 spiro atoms. The summed E-state index contributed by atoms with van der Waals surface area (Å²) in [6, 6.07) is 3.10. The van der Waals surface area contributed by atoms with Gasteiger partial charge < -0.3 is 16.4 Å². The van der Waals surface area contributed by atoms with Gasteiger partial charge in [0.05, 0.1) is 12.1 Å². The summed E-state index contributed by atoms with van der Waals surface area (Å²) >= 11 is 0. The summed E-state index contributed by atoms with van der Waals surface area (Å²) in [5.74, 6) is -4.17. The van der Waals surface area contributed by atoms with E-state index in [0.717, 1.165) is 32.1 Å². The van der Waals surface area contributed by atoms with Gasteiger partial charge in [-0.05, 0) is 31.0 Å². The van der Waals surface area contributed by atoms with Crippen LogP contribution in [0.3, 0.4) is 0 Å². The van der Waals surface area contributed by atoms with Crippen molar-refractivity contribution in [3.63, 3.8) is 0 Å². The fourth-order valence-corrected chi connectivity index (χ4v) is 6.08. The highest BCUT2D eigenvalue weighted by Gasteiger charge is 2.74. The number of benzene rings is 1. The molecule has 3 aliphatic heterocycles. The average Bonchev–Trinajstić information content (AvgIpc) is 3.27. The first kappa shape index (κ1) is 19.2. The molecule has 1 aliphatic carbocycles. The second kappa shape index (κ2) is 6.60. The average molecular weight is 415 g/mol. The van der Waals surface area contributed by atoms with E-state index < -0.39 is 47.0 Å². The van der Waals surface area contributed by atoms with Crippen molar-refractivity contribution in [2.75, 3.05) is 5.32 Å². The molecule has 4 atom stereocenters. The maximum Gasteiger partial charge on any atom is 0.291 e. The predicted octanol–water partition coefficient (Wildman–Crippen LogP) is -0.272. The number of halogens is 1. The summed E-state index contributed by atoms with van der Waals surface area (Å²) in [4.78, 5) is 53.3. The van der Waals surface area contributed by atoms with Crippen molar-refractivity contribution in [3.05, 3.63) is 29.6 Å². The van der Waals surface area contributed by atoms with E-state index >= 15 is 0 Å². The van der Waals surface area contributed by atoms with E-state index in [1.807, 2.05) is 0 Å². The molecule has 1 saturated carbocycles. The Bertz CT molecular complexity index is 976. The molecular weight excluding hydrogens is 391 g/mol. The van der Waals surface area contributed by atoms with Gasteiger partial charge in [-0.1, -0.05) is 19.3 Å². The number of carbonyl (C=O) groups excluding carboxylic acids is 4. The van der Waals surface area contributed by atoms with Gasteiger partial charge in [0.25, 0.3) is 5.91 Å². The number of anilines is 1. The van der Waals surface area contributed by atoms with Crippen molar-refractivity contribution in [1.82, 2.24) is 4.90 Å². The summed E-state index contributed by atoms with van der Waals surface area (Å²) in [7, 11) is 0. The molecule has 5 rings (SSSR count). The van der Waals surface area contributed by atoms with Crippen LogP contribution in [-0.2, 0) is 24.7 Å². The number of fused-ring (bicyclic) bond motifs is 4. The Balaban J connectivity index is 1.63. The number of rotatable bonds is 3. The molecule has 158 valence electrons. The number of hydrogen-bond acceptors (Lipinski definition) is 4. The lowest BCUT2D eigenvalue weighted by Gasteiger charge is -2.32. The molecule has 0 aromatic heterocycles. The maximum atomic E-state index is 14.1. The first-order valence-electron chi connectivity index (χ1n) is 10.5. The normalized spacial score (nSPS) is 33.2. The number of primary amides is 1. The summed E-state index contributed by atoms with van der Waals surface area (Å²) in [6.07, 6.45) is 4.28. The fourth-order valence-electron chi connectivity index (χ4n) is 6.08. The Kier molecular flexibility index (Phi) is 4.22. The van der Waals surface area contributed by atoms with Crippen molar-refractivity contribution in [3.8, 4) is 0 Å². The van der Waals surface area contributed by atoms with Gasteiger partial charge in [0.1, 0.15) is 23.7 Å². The molecule has 1 aromatic rings. The molecular formula is C21H24FN4O4+. The van der Waals surface area contributed by atoms with Gasteiger partial charge in [-0.3, -0.25) is 24.1 Å². The van der Waals surface area contributed by atoms with Crippen LogP contribution in [0.25, 0.3) is 0 Å². The number of nitrogens with two attached hydrogens (primary N) is 2. The molecule has 1 aromatic carbocycles. The third-order valence-corrected chi connectivity index (χ3v) is 7.24. The minimum absolute atomic E-state index is 0.141. The van der Waals surface area contributed by atoms with Gasteiger partial charge in [0.2, 0.25) is 23.3 Å². The quantitative estimate of drug-likeness (QED) is 0.588. The summed E-state index contributed by atoms with van der Waals surface area (Å²) in [6.45, 7) is 0. The molecule has 0 unspecified atom stereocenters. The molecule has 9 heteroatoms. The van der Waals surface area contributed by atoms with Gasteiger partial charge in [0, 0.05) is 11.6 Å². The van der Waals surface area contributed by atoms with E-state index in [-0.39, 0.29) is 18.4 Å². The minimum atomic E-state index is -1.47. The third kappa shape index (κ3) is 2.47. The topological polar surface area (TPSA) is 126 Å². The molecule has 3 fully saturated rings. The van der Waals surface area contributed by atoms with Gasteiger partial charge in [-0.15, -0.1) is 0 Å². The fraction of sp³-hybridized carbons (Fsp3) is 0.524. The van der Waals surface area contributed by atoms with E-state index in [1.165, 1.54) is 23.1 Å². The molecule has 8 nitrogen and oxygen atoms in total. The summed E-state index contributed by atoms with van der Waals surface area (Å²) in [5.41, 5.74) is 4.72. The molecule has 4 aliphatic rings. The molecule has 0 bridgehead atoms. The molecule has 0 radical (unpaired) electrons. The van der Waals surface area contributed by atoms with Crippen LogP contribution in [0.1, 0.15) is 44.1 Å². The van der Waals surface area contributed by atoms with Crippen molar-refractivity contribution < 1.29 is 28.9 Å². The smallest absolute Gasteiger partial charge is 0.291 e. The first-order chi connectivity index (χ1) is 14.3. The highest BCUT2D eigenvalue weighted by Crippen LogP contribution is 2.50. The molecule has 5 N–H and O–H groups in total. The van der Waals surface area contributed by atoms with Crippen LogP contribution >= 0.6 is 0 Å². The number of carbonyl (C=O) groups is 4. The van der Waals surface area contributed by atoms with Crippen LogP contribution in [0.2, 0.25) is 0 Å². The first-order valence-corrected chi connectivity index (χ1v) is 10.5. The Hall–Kier alpha value is -2.81. The van der Waals surface area contributed by atoms with Crippen LogP contribution in [0, 0.1) is 17.7 Å². The highest BCUT2D eigenvalue weighted by molar-refractivity contribution is 6.14. The largest absolute Gasteiger partial charge is 0.369 e. The van der Waals surface area contributed by atoms with E-state index in [1.54, 1.807) is 5.32 Å². The predicted molar refractivity (Wildman–Crippen MR) is 102 cm³/mol. The summed E-state index contributed by atoms with van der Waals surface area (Å²) < 4.78 is 14.1. The third-order valence-electron chi connectivity index (χ3n) is 7.24. The lowest BCUT2D eigenvalue weighted by atomic mass is 9.76. The minimum Gasteiger partial charge on any atom is -0.369 e. The second-order valence-corrected chi connectivity index (χ2v) is 8.86. The Labute approximate surface area is 172 Å². The Morgan fingerprint density at radius 1 is 1.20 bits per heavy atom. The highest BCUT2D eigenvalue weighted by atomic mass is 19.1. The van der Waals surface area contributed by atoms with E-state index in [2.05, 4.69) is 5.32 Å². The zero-order chi connectivity index (χ0) is 21.2. The molecule has 30 heavy (non-hydrogen) atoms. The van der Waals surface area contributed by atoms with Crippen LogP contribution in [0.15, 0.2) is 18.2 Å². The van der Waals surface area contributed by atoms with Gasteiger partial charge in [0.15, 0.2) is 0 Å². The standard InChI is InChI=1S/C21H23FN4O4/c22-10-6-7-13-12(8-10)21(20(30)24-13)17-16(14(25-21)9-15(23)27)18(28)26(19(17)29)11-4-2-1-3-5-11/h6-8,11,14,16-17,25H,1-5,9H2,(H2,23,27)(H,24,30)/p+1/t14-,16-,17+,21-/m1/s1. The van der Waals surface area contributed by atoms with Crippen LogP contribution in [0.4, 0.5) is 10.1 Å². The lowest BCUT2D eigenvalue weighted by molar-refractivity contribution is -0.732. The number of nitrogens with one attached hydrogen (secondary N) is 1. The molecule has 4 amide bonds. The molecule has 2 saturated heterocycles. The Morgan fingerprint density at radius 2 is 1.93 bits per heavy atom. The maximum absolute atomic E-state index is 14.1. The zero-order valence-electron chi connectivity index (χ0n) is 16.4. The van der Waals surface area contributed by atoms with E-state index in [4.69, 9.17) is 5.73 Å². The summed E-state index contributed by atoms with van der Waals surface area (Å²) in [5, 5.41) is 4.34. The van der Waals surface area contributed by atoms with Crippen molar-refractivity contribution >= 4 is 29.3 Å². The number of imide groups is 1. The van der Waals surface area contributed by atoms with Crippen molar-refractivity contribution in [2.24, 2.45) is 17.6 Å². The van der Waals surface area contributed by atoms with Gasteiger partial charge >= 0.3 is 0 Å². The second-order valence-electron chi connectivity index (χ2n) is 8.86. The van der Waals surface area contributed by atoms with E-state index in [9.17, 15) is 23.6 Å².